The largest absolute Gasteiger partial charge is 0.453 e. The highest BCUT2D eigenvalue weighted by atomic mass is 32.2. The first-order valence-electron chi connectivity index (χ1n) is 14.3. The molecule has 0 saturated carbocycles. The second-order valence-corrected chi connectivity index (χ2v) is 16.5. The smallest absolute Gasteiger partial charge is 0.152 e. The summed E-state index contributed by atoms with van der Waals surface area (Å²) in [7, 11) is -1.47. The minimum absolute atomic E-state index is 0.736. The first-order valence-corrected chi connectivity index (χ1v) is 17.8. The van der Waals surface area contributed by atoms with Gasteiger partial charge in [-0.3, -0.25) is 0 Å². The fourth-order valence-corrected chi connectivity index (χ4v) is 13.7. The van der Waals surface area contributed by atoms with E-state index in [4.69, 9.17) is 4.74 Å². The molecule has 0 saturated heterocycles. The van der Waals surface area contributed by atoms with Gasteiger partial charge in [-0.05, 0) is 70.8 Å². The van der Waals surface area contributed by atoms with Gasteiger partial charge in [0.1, 0.15) is 0 Å². The molecule has 42 heavy (non-hydrogen) atoms. The van der Waals surface area contributed by atoms with Crippen LogP contribution in [0.2, 0.25) is 0 Å². The van der Waals surface area contributed by atoms with Crippen LogP contribution < -0.4 is 4.74 Å². The molecule has 6 aromatic carbocycles. The maximum absolute atomic E-state index is 7.25. The highest BCUT2D eigenvalue weighted by Gasteiger charge is 2.28. The van der Waals surface area contributed by atoms with E-state index in [2.05, 4.69) is 135 Å². The molecular formula is C38H26OP2S. The van der Waals surface area contributed by atoms with E-state index < -0.39 is 15.1 Å². The van der Waals surface area contributed by atoms with Crippen molar-refractivity contribution in [2.45, 2.75) is 23.6 Å². The molecule has 0 amide bonds. The number of rotatable bonds is 2. The van der Waals surface area contributed by atoms with Crippen molar-refractivity contribution in [1.29, 1.82) is 0 Å². The fourth-order valence-electron chi connectivity index (χ4n) is 6.72. The lowest BCUT2D eigenvalue weighted by atomic mass is 10.2. The lowest BCUT2D eigenvalue weighted by molar-refractivity contribution is 0.460. The summed E-state index contributed by atoms with van der Waals surface area (Å²) >= 11 is 1.88. The summed E-state index contributed by atoms with van der Waals surface area (Å²) in [5.74, 6) is 2.08. The van der Waals surface area contributed by atoms with Crippen LogP contribution in [-0.4, -0.2) is 0 Å². The molecule has 4 heteroatoms. The number of aryl methyl sites for hydroxylation is 2. The van der Waals surface area contributed by atoms with Gasteiger partial charge in [0.15, 0.2) is 11.5 Å². The number of hydrogen-bond acceptors (Lipinski definition) is 2. The molecule has 0 fully saturated rings. The van der Waals surface area contributed by atoms with E-state index in [0.29, 0.717) is 0 Å². The molecule has 0 aliphatic carbocycles. The standard InChI is InChI=1S/C38H26OP2S/c1-23-19-33(40-29-15-7-3-11-25(29)26-12-4-8-16-30(26)40)37-35(21-23)42-36-22-24(2)20-34(38(36)39-37)41-31-17-9-5-13-27(31)28-14-6-10-18-32(28)41/h3-22H,1-2H3. The molecule has 0 N–H and O–H groups in total. The Hall–Kier alpha value is -3.93. The Kier molecular flexibility index (Phi) is 5.45. The first kappa shape index (κ1) is 24.6. The van der Waals surface area contributed by atoms with Crippen molar-refractivity contribution in [3.8, 4) is 22.1 Å². The van der Waals surface area contributed by atoms with Gasteiger partial charge in [-0.2, -0.15) is 0 Å². The van der Waals surface area contributed by atoms with Gasteiger partial charge in [0.25, 0.3) is 0 Å². The normalized spacial score (nSPS) is 12.6. The van der Waals surface area contributed by atoms with E-state index in [1.807, 2.05) is 11.8 Å². The van der Waals surface area contributed by atoms with Crippen LogP contribution in [0.1, 0.15) is 11.1 Å². The Bertz CT molecular complexity index is 2120. The fraction of sp³-hybridized carbons (Fsp3) is 0.0526. The Balaban J connectivity index is 1.33. The summed E-state index contributed by atoms with van der Waals surface area (Å²) in [5, 5.41) is 13.8. The van der Waals surface area contributed by atoms with Crippen LogP contribution >= 0.6 is 26.8 Å². The van der Waals surface area contributed by atoms with Gasteiger partial charge < -0.3 is 4.74 Å². The van der Waals surface area contributed by atoms with Gasteiger partial charge in [0.05, 0.1) is 9.79 Å². The molecule has 2 aromatic heterocycles. The number of ether oxygens (including phenoxy) is 1. The SMILES string of the molecule is Cc1cc2c(c(-p3c4ccccc4c4ccccc43)c1)Oc1c(cc(C)cc1-p1c3ccccc3c3ccccc31)S2. The molecule has 0 unspecified atom stereocenters. The molecule has 3 heterocycles. The molecule has 8 aromatic rings. The van der Waals surface area contributed by atoms with Gasteiger partial charge in [-0.15, -0.1) is 0 Å². The van der Waals surface area contributed by atoms with Crippen molar-refractivity contribution in [2.75, 3.05) is 0 Å². The third-order valence-corrected chi connectivity index (χ3v) is 14.6. The van der Waals surface area contributed by atoms with Gasteiger partial charge in [-0.25, -0.2) is 0 Å². The minimum atomic E-state index is -0.736. The van der Waals surface area contributed by atoms with Crippen LogP contribution in [0.4, 0.5) is 0 Å². The van der Waals surface area contributed by atoms with Crippen LogP contribution in [0.5, 0.6) is 11.5 Å². The average Bonchev–Trinajstić information content (AvgIpc) is 3.52. The highest BCUT2D eigenvalue weighted by molar-refractivity contribution is 7.99. The zero-order chi connectivity index (χ0) is 27.9. The molecular weight excluding hydrogens is 566 g/mol. The third kappa shape index (κ3) is 3.53. The molecule has 0 spiro atoms. The van der Waals surface area contributed by atoms with E-state index in [1.54, 1.807) is 0 Å². The Morgan fingerprint density at radius 2 is 0.786 bits per heavy atom. The zero-order valence-electron chi connectivity index (χ0n) is 23.3. The summed E-state index contributed by atoms with van der Waals surface area (Å²) in [6.45, 7) is 4.45. The Morgan fingerprint density at radius 3 is 1.14 bits per heavy atom. The maximum Gasteiger partial charge on any atom is 0.152 e. The van der Waals surface area contributed by atoms with Crippen molar-refractivity contribution < 1.29 is 4.74 Å². The Morgan fingerprint density at radius 1 is 0.452 bits per heavy atom. The first-order chi connectivity index (χ1) is 20.7. The lowest BCUT2D eigenvalue weighted by Gasteiger charge is -2.26. The summed E-state index contributed by atoms with van der Waals surface area (Å²) in [6, 6.07) is 45.2. The molecule has 0 radical (unpaired) electrons. The van der Waals surface area contributed by atoms with Gasteiger partial charge >= 0.3 is 0 Å². The van der Waals surface area contributed by atoms with Crippen LogP contribution in [0.3, 0.4) is 0 Å². The van der Waals surface area contributed by atoms with Crippen LogP contribution in [0, 0.1) is 13.8 Å². The monoisotopic (exact) mass is 592 g/mol. The molecule has 200 valence electrons. The second kappa shape index (κ2) is 9.29. The van der Waals surface area contributed by atoms with Crippen LogP contribution in [0.15, 0.2) is 131 Å². The molecule has 1 aliphatic rings. The molecule has 1 aliphatic heterocycles. The summed E-state index contributed by atoms with van der Waals surface area (Å²) in [6.07, 6.45) is 0. The topological polar surface area (TPSA) is 9.23 Å². The minimum Gasteiger partial charge on any atom is -0.453 e. The van der Waals surface area contributed by atoms with Crippen molar-refractivity contribution in [2.24, 2.45) is 0 Å². The summed E-state index contributed by atoms with van der Waals surface area (Å²) in [5.41, 5.74) is 2.56. The van der Waals surface area contributed by atoms with E-state index >= 15 is 0 Å². The van der Waals surface area contributed by atoms with E-state index in [0.717, 1.165) is 11.5 Å². The number of hydrogen-bond donors (Lipinski definition) is 0. The molecule has 0 atom stereocenters. The zero-order valence-corrected chi connectivity index (χ0v) is 25.9. The van der Waals surface area contributed by atoms with Gasteiger partial charge in [0, 0.05) is 31.1 Å². The molecule has 0 bridgehead atoms. The lowest BCUT2D eigenvalue weighted by Crippen LogP contribution is -1.98. The van der Waals surface area contributed by atoms with E-state index in [-0.39, 0.29) is 0 Å². The number of fused-ring (bicyclic) bond motifs is 8. The summed E-state index contributed by atoms with van der Waals surface area (Å²) in [4.78, 5) is 2.44. The Labute approximate surface area is 250 Å². The van der Waals surface area contributed by atoms with Crippen molar-refractivity contribution in [3.05, 3.63) is 132 Å². The van der Waals surface area contributed by atoms with Crippen molar-refractivity contribution in [1.82, 2.24) is 0 Å². The quantitative estimate of drug-likeness (QED) is 0.197. The predicted molar refractivity (Wildman–Crippen MR) is 185 cm³/mol. The van der Waals surface area contributed by atoms with Gasteiger partial charge in [0.2, 0.25) is 0 Å². The molecule has 1 nitrogen and oxygen atoms in total. The van der Waals surface area contributed by atoms with Crippen LogP contribution in [0.25, 0.3) is 52.6 Å². The average molecular weight is 593 g/mol. The van der Waals surface area contributed by atoms with Crippen molar-refractivity contribution >= 4 is 68.8 Å². The second-order valence-electron chi connectivity index (χ2n) is 11.2. The maximum atomic E-state index is 7.25. The highest BCUT2D eigenvalue weighted by Crippen LogP contribution is 2.65. The summed E-state index contributed by atoms with van der Waals surface area (Å²) < 4.78 is 7.25. The van der Waals surface area contributed by atoms with Gasteiger partial charge in [-0.1, -0.05) is 124 Å². The third-order valence-electron chi connectivity index (χ3n) is 8.43. The van der Waals surface area contributed by atoms with E-state index in [9.17, 15) is 0 Å². The number of benzene rings is 6. The van der Waals surface area contributed by atoms with Crippen molar-refractivity contribution in [3.63, 3.8) is 0 Å². The molecule has 9 rings (SSSR count). The predicted octanol–water partition coefficient (Wildman–Crippen LogP) is 13.1. The van der Waals surface area contributed by atoms with Crippen LogP contribution in [-0.2, 0) is 0 Å². The van der Waals surface area contributed by atoms with E-state index in [1.165, 1.54) is 73.5 Å².